The zero-order valence-corrected chi connectivity index (χ0v) is 19.5. The van der Waals surface area contributed by atoms with Gasteiger partial charge in [-0.15, -0.1) is 0 Å². The summed E-state index contributed by atoms with van der Waals surface area (Å²) in [5.74, 6) is 2.44. The molecule has 2 unspecified atom stereocenters. The summed E-state index contributed by atoms with van der Waals surface area (Å²) in [6.45, 7) is 0. The molecule has 2 bridgehead atoms. The summed E-state index contributed by atoms with van der Waals surface area (Å²) in [7, 11) is 3.12. The molecule has 2 saturated carbocycles. The molecule has 3 heteroatoms. The normalized spacial score (nSPS) is 28.9. The predicted molar refractivity (Wildman–Crippen MR) is 131 cm³/mol. The third-order valence-electron chi connectivity index (χ3n) is 9.00. The van der Waals surface area contributed by atoms with Crippen molar-refractivity contribution in [3.8, 4) is 5.75 Å². The van der Waals surface area contributed by atoms with Crippen molar-refractivity contribution >= 4 is 20.3 Å². The Morgan fingerprint density at radius 2 is 1.41 bits per heavy atom. The minimum absolute atomic E-state index is 0.630. The second-order valence-electron chi connectivity index (χ2n) is 10.3. The van der Waals surface area contributed by atoms with Crippen LogP contribution in [0.15, 0.2) is 41.7 Å². The predicted octanol–water partition coefficient (Wildman–Crippen LogP) is 6.58. The topological polar surface area (TPSA) is 9.23 Å². The molecule has 0 N–H and O–H groups in total. The molecule has 29 heavy (non-hydrogen) atoms. The molecule has 1 aromatic rings. The molecule has 0 saturated heterocycles. The van der Waals surface area contributed by atoms with Crippen LogP contribution in [0.3, 0.4) is 0 Å². The molecule has 0 aromatic heterocycles. The number of benzene rings is 1. The average Bonchev–Trinajstić information content (AvgIpc) is 3.42. The summed E-state index contributed by atoms with van der Waals surface area (Å²) in [6, 6.07) is 8.87. The zero-order chi connectivity index (χ0) is 19.8. The monoisotopic (exact) mass is 408 g/mol. The van der Waals surface area contributed by atoms with Gasteiger partial charge < -0.3 is 0 Å². The standard InChI is InChI=1S/C26H38BOP/c1-28-24-15-9-8-14-23(24)25-19-16-17-20(18-19)26(25)29(27,21-10-4-2-5-11-21)22-12-6-3-7-13-22/h8-9,14-17,19-22,29H,2-7,10-13,18,27H2,1H3. The quantitative estimate of drug-likeness (QED) is 0.304. The van der Waals surface area contributed by atoms with E-state index < -0.39 is 7.14 Å². The van der Waals surface area contributed by atoms with Crippen LogP contribution >= 0.6 is 7.14 Å². The summed E-state index contributed by atoms with van der Waals surface area (Å²) < 4.78 is 5.87. The first-order valence-corrected chi connectivity index (χ1v) is 14.9. The molecule has 2 atom stereocenters. The van der Waals surface area contributed by atoms with Gasteiger partial charge in [-0.25, -0.2) is 0 Å². The Morgan fingerprint density at radius 1 is 0.828 bits per heavy atom. The number of ether oxygens (including phenoxy) is 1. The number of hydrogen-bond acceptors (Lipinski definition) is 1. The number of fused-ring (bicyclic) bond motifs is 2. The fourth-order valence-corrected chi connectivity index (χ4v) is 14.3. The first kappa shape index (κ1) is 19.9. The van der Waals surface area contributed by atoms with E-state index in [1.807, 2.05) is 12.4 Å². The van der Waals surface area contributed by atoms with Gasteiger partial charge in [-0.05, 0) is 0 Å². The van der Waals surface area contributed by atoms with Crippen LogP contribution in [-0.4, -0.2) is 26.0 Å². The Morgan fingerprint density at radius 3 is 2.03 bits per heavy atom. The van der Waals surface area contributed by atoms with E-state index >= 15 is 0 Å². The van der Waals surface area contributed by atoms with Crippen LogP contribution in [0.4, 0.5) is 0 Å². The molecular weight excluding hydrogens is 370 g/mol. The molecule has 5 rings (SSSR count). The number of methoxy groups -OCH3 is 1. The van der Waals surface area contributed by atoms with Crippen molar-refractivity contribution in [1.82, 2.24) is 0 Å². The van der Waals surface area contributed by atoms with E-state index in [1.54, 1.807) is 5.57 Å². The van der Waals surface area contributed by atoms with Gasteiger partial charge in [-0.3, -0.25) is 0 Å². The zero-order valence-electron chi connectivity index (χ0n) is 18.5. The molecule has 1 aromatic carbocycles. The van der Waals surface area contributed by atoms with Crippen molar-refractivity contribution in [3.05, 3.63) is 47.3 Å². The van der Waals surface area contributed by atoms with E-state index in [4.69, 9.17) is 4.74 Å². The van der Waals surface area contributed by atoms with Gasteiger partial charge in [0.25, 0.3) is 0 Å². The maximum absolute atomic E-state index is 5.87. The van der Waals surface area contributed by atoms with E-state index in [2.05, 4.69) is 44.0 Å². The van der Waals surface area contributed by atoms with E-state index in [0.717, 1.165) is 23.0 Å². The second-order valence-corrected chi connectivity index (χ2v) is 15.1. The Kier molecular flexibility index (Phi) is 5.68. The molecule has 0 spiro atoms. The number of rotatable bonds is 5. The minimum atomic E-state index is -1.58. The van der Waals surface area contributed by atoms with Crippen LogP contribution in [-0.2, 0) is 0 Å². The summed E-state index contributed by atoms with van der Waals surface area (Å²) in [5.41, 5.74) is 5.13. The molecular formula is C26H38BOP. The van der Waals surface area contributed by atoms with E-state index in [1.165, 1.54) is 76.2 Å². The van der Waals surface area contributed by atoms with Gasteiger partial charge in [0.2, 0.25) is 0 Å². The number of para-hydroxylation sites is 1. The van der Waals surface area contributed by atoms with Crippen LogP contribution in [0.1, 0.15) is 76.2 Å². The number of allylic oxidation sites excluding steroid dienone is 4. The SMILES string of the molecule is B[PH](C1=C(c2ccccc2OC)C2C=CC1C2)(C1CCCCC1)C1CCCCC1. The van der Waals surface area contributed by atoms with Gasteiger partial charge in [0.05, 0.1) is 0 Å². The first-order chi connectivity index (χ1) is 14.2. The maximum atomic E-state index is 5.87. The van der Waals surface area contributed by atoms with Crippen molar-refractivity contribution in [3.63, 3.8) is 0 Å². The van der Waals surface area contributed by atoms with Crippen LogP contribution in [0, 0.1) is 11.8 Å². The summed E-state index contributed by atoms with van der Waals surface area (Å²) in [4.78, 5) is 0. The van der Waals surface area contributed by atoms with Gasteiger partial charge >= 0.3 is 179 Å². The van der Waals surface area contributed by atoms with Gasteiger partial charge in [0.15, 0.2) is 0 Å². The molecule has 0 heterocycles. The summed E-state index contributed by atoms with van der Waals surface area (Å²) >= 11 is 0. The Balaban J connectivity index is 1.67. The van der Waals surface area contributed by atoms with Gasteiger partial charge in [0, 0.05) is 0 Å². The van der Waals surface area contributed by atoms with Crippen LogP contribution in [0.25, 0.3) is 5.57 Å². The van der Waals surface area contributed by atoms with Crippen molar-refractivity contribution in [1.29, 1.82) is 0 Å². The molecule has 2 fully saturated rings. The van der Waals surface area contributed by atoms with Gasteiger partial charge in [-0.1, -0.05) is 0 Å². The molecule has 0 amide bonds. The van der Waals surface area contributed by atoms with Crippen molar-refractivity contribution < 1.29 is 4.74 Å². The average molecular weight is 408 g/mol. The summed E-state index contributed by atoms with van der Waals surface area (Å²) in [6.07, 6.45) is 21.3. The van der Waals surface area contributed by atoms with Crippen LogP contribution in [0.5, 0.6) is 5.75 Å². The fourth-order valence-electron chi connectivity index (χ4n) is 7.61. The van der Waals surface area contributed by atoms with E-state index in [9.17, 15) is 0 Å². The fraction of sp³-hybridized carbons (Fsp3) is 0.615. The van der Waals surface area contributed by atoms with Crippen LogP contribution in [0.2, 0.25) is 0 Å². The van der Waals surface area contributed by atoms with Crippen molar-refractivity contribution in [2.75, 3.05) is 7.11 Å². The summed E-state index contributed by atoms with van der Waals surface area (Å²) in [5, 5.41) is 1.97. The second kappa shape index (κ2) is 8.26. The molecule has 156 valence electrons. The first-order valence-electron chi connectivity index (χ1n) is 12.3. The Hall–Kier alpha value is -1.01. The van der Waals surface area contributed by atoms with Crippen molar-refractivity contribution in [2.45, 2.75) is 81.9 Å². The van der Waals surface area contributed by atoms with E-state index in [-0.39, 0.29) is 0 Å². The molecule has 0 aliphatic heterocycles. The third-order valence-corrected chi connectivity index (χ3v) is 15.3. The third kappa shape index (κ3) is 3.35. The van der Waals surface area contributed by atoms with Crippen molar-refractivity contribution in [2.24, 2.45) is 11.8 Å². The molecule has 1 nitrogen and oxygen atoms in total. The molecule has 4 aliphatic rings. The van der Waals surface area contributed by atoms with Gasteiger partial charge in [-0.2, -0.15) is 0 Å². The van der Waals surface area contributed by atoms with Gasteiger partial charge in [0.1, 0.15) is 0 Å². The molecule has 0 radical (unpaired) electrons. The Labute approximate surface area is 179 Å². The molecule has 4 aliphatic carbocycles. The van der Waals surface area contributed by atoms with E-state index in [0.29, 0.717) is 5.92 Å². The Bertz CT molecular complexity index is 783. The van der Waals surface area contributed by atoms with Crippen LogP contribution < -0.4 is 4.74 Å². The number of hydrogen-bond donors (Lipinski definition) is 0.